The number of amides is 1. The largest absolute Gasteiger partial charge is 0.495 e. The number of carbonyl (C=O) groups excluding carboxylic acids is 1. The van der Waals surface area contributed by atoms with Crippen LogP contribution >= 0.6 is 11.6 Å². The van der Waals surface area contributed by atoms with Crippen LogP contribution in [0, 0.1) is 0 Å². The normalized spacial score (nSPS) is 11.6. The Morgan fingerprint density at radius 2 is 2.00 bits per heavy atom. The molecule has 6 heteroatoms. The first-order valence-corrected chi connectivity index (χ1v) is 8.04. The van der Waals surface area contributed by atoms with Crippen molar-refractivity contribution in [3.63, 3.8) is 0 Å². The standard InChI is InChI=1S/C18H21ClN2O3/c1-24-17-8-7-14(19)11-15(17)20-10-9-18(23)21-16(12-22)13-5-3-2-4-6-13/h2-8,11,16,20,22H,9-10,12H2,1H3,(H,21,23). The van der Waals surface area contributed by atoms with Gasteiger partial charge in [0.2, 0.25) is 5.91 Å². The first kappa shape index (κ1) is 18.1. The summed E-state index contributed by atoms with van der Waals surface area (Å²) in [4.78, 5) is 12.1. The van der Waals surface area contributed by atoms with E-state index in [0.29, 0.717) is 17.3 Å². The average Bonchev–Trinajstić information content (AvgIpc) is 2.60. The van der Waals surface area contributed by atoms with E-state index in [2.05, 4.69) is 10.6 Å². The Morgan fingerprint density at radius 3 is 2.67 bits per heavy atom. The van der Waals surface area contributed by atoms with Crippen molar-refractivity contribution in [3.8, 4) is 5.75 Å². The molecule has 0 heterocycles. The van der Waals surface area contributed by atoms with Crippen LogP contribution in [0.25, 0.3) is 0 Å². The van der Waals surface area contributed by atoms with Crippen molar-refractivity contribution in [2.24, 2.45) is 0 Å². The summed E-state index contributed by atoms with van der Waals surface area (Å²) < 4.78 is 5.24. The predicted molar refractivity (Wildman–Crippen MR) is 95.5 cm³/mol. The van der Waals surface area contributed by atoms with Gasteiger partial charge in [-0.25, -0.2) is 0 Å². The van der Waals surface area contributed by atoms with Gasteiger partial charge in [0.05, 0.1) is 25.4 Å². The van der Waals surface area contributed by atoms with Crippen LogP contribution in [0.3, 0.4) is 0 Å². The fourth-order valence-corrected chi connectivity index (χ4v) is 2.49. The molecule has 0 radical (unpaired) electrons. The number of anilines is 1. The molecule has 0 aliphatic rings. The van der Waals surface area contributed by atoms with Gasteiger partial charge in [0.15, 0.2) is 0 Å². The highest BCUT2D eigenvalue weighted by Gasteiger charge is 2.13. The molecule has 1 unspecified atom stereocenters. The summed E-state index contributed by atoms with van der Waals surface area (Å²) in [7, 11) is 1.58. The third kappa shape index (κ3) is 5.15. The van der Waals surface area contributed by atoms with Crippen LogP contribution in [0.5, 0.6) is 5.75 Å². The lowest BCUT2D eigenvalue weighted by molar-refractivity contribution is -0.121. The quantitative estimate of drug-likeness (QED) is 0.686. The van der Waals surface area contributed by atoms with Crippen molar-refractivity contribution in [3.05, 3.63) is 59.1 Å². The minimum Gasteiger partial charge on any atom is -0.495 e. The third-order valence-corrected chi connectivity index (χ3v) is 3.78. The van der Waals surface area contributed by atoms with Gasteiger partial charge in [0, 0.05) is 18.0 Å². The number of aliphatic hydroxyl groups excluding tert-OH is 1. The smallest absolute Gasteiger partial charge is 0.222 e. The maximum atomic E-state index is 12.1. The van der Waals surface area contributed by atoms with Crippen LogP contribution in [0.2, 0.25) is 5.02 Å². The van der Waals surface area contributed by atoms with Gasteiger partial charge < -0.3 is 20.5 Å². The van der Waals surface area contributed by atoms with Crippen molar-refractivity contribution in [2.75, 3.05) is 25.6 Å². The van der Waals surface area contributed by atoms with Crippen molar-refractivity contribution in [2.45, 2.75) is 12.5 Å². The summed E-state index contributed by atoms with van der Waals surface area (Å²) in [6.07, 6.45) is 0.263. The Bertz CT molecular complexity index is 665. The van der Waals surface area contributed by atoms with Crippen LogP contribution in [0.15, 0.2) is 48.5 Å². The number of hydrogen-bond donors (Lipinski definition) is 3. The molecule has 1 atom stereocenters. The topological polar surface area (TPSA) is 70.6 Å². The number of benzene rings is 2. The third-order valence-electron chi connectivity index (χ3n) is 3.55. The Morgan fingerprint density at radius 1 is 1.25 bits per heavy atom. The number of hydrogen-bond acceptors (Lipinski definition) is 4. The Kier molecular flexibility index (Phi) is 6.90. The van der Waals surface area contributed by atoms with E-state index >= 15 is 0 Å². The lowest BCUT2D eigenvalue weighted by Gasteiger charge is -2.17. The Labute approximate surface area is 146 Å². The first-order chi connectivity index (χ1) is 11.6. The maximum Gasteiger partial charge on any atom is 0.222 e. The number of rotatable bonds is 8. The predicted octanol–water partition coefficient (Wildman–Crippen LogP) is 3.00. The zero-order valence-corrected chi connectivity index (χ0v) is 14.2. The van der Waals surface area contributed by atoms with E-state index in [1.807, 2.05) is 30.3 Å². The van der Waals surface area contributed by atoms with Crippen molar-refractivity contribution in [1.29, 1.82) is 0 Å². The van der Waals surface area contributed by atoms with Crippen molar-refractivity contribution >= 4 is 23.2 Å². The maximum absolute atomic E-state index is 12.1. The second-order valence-corrected chi connectivity index (χ2v) is 5.67. The molecule has 3 N–H and O–H groups in total. The van der Waals surface area contributed by atoms with E-state index in [-0.39, 0.29) is 18.9 Å². The molecule has 0 saturated carbocycles. The SMILES string of the molecule is COc1ccc(Cl)cc1NCCC(=O)NC(CO)c1ccccc1. The molecule has 2 rings (SSSR count). The van der Waals surface area contributed by atoms with Gasteiger partial charge in [-0.2, -0.15) is 0 Å². The minimum absolute atomic E-state index is 0.147. The van der Waals surface area contributed by atoms with Crippen LogP contribution in [0.4, 0.5) is 5.69 Å². The van der Waals surface area contributed by atoms with Crippen LogP contribution < -0.4 is 15.4 Å². The van der Waals surface area contributed by atoms with Gasteiger partial charge in [-0.05, 0) is 23.8 Å². The summed E-state index contributed by atoms with van der Waals surface area (Å²) in [5.74, 6) is 0.517. The highest BCUT2D eigenvalue weighted by molar-refractivity contribution is 6.30. The zero-order chi connectivity index (χ0) is 17.4. The zero-order valence-electron chi connectivity index (χ0n) is 13.5. The molecule has 5 nitrogen and oxygen atoms in total. The molecular formula is C18H21ClN2O3. The van der Waals surface area contributed by atoms with E-state index in [4.69, 9.17) is 16.3 Å². The summed E-state index contributed by atoms with van der Waals surface area (Å²) in [5.41, 5.74) is 1.61. The molecule has 0 aromatic heterocycles. The van der Waals surface area contributed by atoms with E-state index in [9.17, 15) is 9.90 Å². The van der Waals surface area contributed by atoms with Crippen LogP contribution in [0.1, 0.15) is 18.0 Å². The van der Waals surface area contributed by atoms with E-state index in [1.165, 1.54) is 0 Å². The number of aliphatic hydroxyl groups is 1. The van der Waals surface area contributed by atoms with Crippen LogP contribution in [-0.4, -0.2) is 31.3 Å². The van der Waals surface area contributed by atoms with Gasteiger partial charge in [-0.15, -0.1) is 0 Å². The summed E-state index contributed by atoms with van der Waals surface area (Å²) in [6.45, 7) is 0.279. The number of methoxy groups -OCH3 is 1. The van der Waals surface area contributed by atoms with Crippen molar-refractivity contribution in [1.82, 2.24) is 5.32 Å². The molecule has 0 bridgehead atoms. The molecule has 0 aliphatic heterocycles. The fourth-order valence-electron chi connectivity index (χ4n) is 2.32. The molecule has 0 saturated heterocycles. The van der Waals surface area contributed by atoms with Crippen molar-refractivity contribution < 1.29 is 14.6 Å². The highest BCUT2D eigenvalue weighted by atomic mass is 35.5. The lowest BCUT2D eigenvalue weighted by Crippen LogP contribution is -2.31. The van der Waals surface area contributed by atoms with E-state index in [0.717, 1.165) is 11.3 Å². The minimum atomic E-state index is -0.403. The van der Waals surface area contributed by atoms with Gasteiger partial charge in [0.1, 0.15) is 5.75 Å². The fraction of sp³-hybridized carbons (Fsp3) is 0.278. The molecule has 1 amide bonds. The lowest BCUT2D eigenvalue weighted by atomic mass is 10.1. The summed E-state index contributed by atoms with van der Waals surface area (Å²) in [6, 6.07) is 14.2. The molecule has 2 aromatic rings. The average molecular weight is 349 g/mol. The van der Waals surface area contributed by atoms with Gasteiger partial charge in [-0.3, -0.25) is 4.79 Å². The molecular weight excluding hydrogens is 328 g/mol. The van der Waals surface area contributed by atoms with Crippen LogP contribution in [-0.2, 0) is 4.79 Å². The summed E-state index contributed by atoms with van der Waals surface area (Å²) in [5, 5.41) is 16.0. The second kappa shape index (κ2) is 9.15. The first-order valence-electron chi connectivity index (χ1n) is 7.66. The number of ether oxygens (including phenoxy) is 1. The molecule has 2 aromatic carbocycles. The summed E-state index contributed by atoms with van der Waals surface area (Å²) >= 11 is 5.97. The highest BCUT2D eigenvalue weighted by Crippen LogP contribution is 2.27. The van der Waals surface area contributed by atoms with Gasteiger partial charge in [0.25, 0.3) is 0 Å². The molecule has 0 spiro atoms. The van der Waals surface area contributed by atoms with Gasteiger partial charge in [-0.1, -0.05) is 41.9 Å². The molecule has 0 fully saturated rings. The monoisotopic (exact) mass is 348 g/mol. The molecule has 24 heavy (non-hydrogen) atoms. The number of carbonyl (C=O) groups is 1. The second-order valence-electron chi connectivity index (χ2n) is 5.23. The molecule has 128 valence electrons. The number of halogens is 1. The Hall–Kier alpha value is -2.24. The Balaban J connectivity index is 1.86. The van der Waals surface area contributed by atoms with E-state index < -0.39 is 6.04 Å². The molecule has 0 aliphatic carbocycles. The number of nitrogens with one attached hydrogen (secondary N) is 2. The van der Waals surface area contributed by atoms with Gasteiger partial charge >= 0.3 is 0 Å². The van der Waals surface area contributed by atoms with E-state index in [1.54, 1.807) is 25.3 Å².